The van der Waals surface area contributed by atoms with Gasteiger partial charge in [0.25, 0.3) is 0 Å². The van der Waals surface area contributed by atoms with E-state index in [1.165, 1.54) is 17.4 Å². The van der Waals surface area contributed by atoms with Gasteiger partial charge < -0.3 is 31.4 Å². The van der Waals surface area contributed by atoms with Crippen LogP contribution in [-0.2, 0) is 25.6 Å². The van der Waals surface area contributed by atoms with Crippen molar-refractivity contribution in [2.45, 2.75) is 51.2 Å². The Morgan fingerprint density at radius 1 is 1.34 bits per heavy atom. The van der Waals surface area contributed by atoms with Gasteiger partial charge in [0.15, 0.2) is 0 Å². The van der Waals surface area contributed by atoms with Crippen LogP contribution in [0.25, 0.3) is 0 Å². The number of likely N-dealkylation sites (tertiary alicyclic amines) is 1. The summed E-state index contributed by atoms with van der Waals surface area (Å²) >= 11 is 0. The fraction of sp³-hybridized carbons (Fsp3) is 0.611. The standard InChI is InChI=1S/C18H28N6O5/c1-10(2)15(23-14(25)7-19)16(26)22-12(6-11-8-20-9-21-11)17(27)24-5-3-4-13(24)18(28)29/h8-10,12-13,15H,3-7,19H2,1-2H3,(H,20,21)(H,22,26)(H,23,25)(H,28,29). The largest absolute Gasteiger partial charge is 0.480 e. The van der Waals surface area contributed by atoms with Crippen molar-refractivity contribution in [2.75, 3.05) is 13.1 Å². The van der Waals surface area contributed by atoms with Crippen molar-refractivity contribution in [1.29, 1.82) is 0 Å². The number of aromatic nitrogens is 2. The molecule has 160 valence electrons. The Balaban J connectivity index is 2.20. The second kappa shape index (κ2) is 10.0. The number of aromatic amines is 1. The normalized spacial score (nSPS) is 18.3. The van der Waals surface area contributed by atoms with Gasteiger partial charge in [0.05, 0.1) is 12.9 Å². The van der Waals surface area contributed by atoms with Crippen molar-refractivity contribution in [2.24, 2.45) is 11.7 Å². The molecule has 1 aliphatic heterocycles. The van der Waals surface area contributed by atoms with Crippen molar-refractivity contribution < 1.29 is 24.3 Å². The molecule has 11 nitrogen and oxygen atoms in total. The number of imidazole rings is 1. The number of hydrogen-bond donors (Lipinski definition) is 5. The predicted octanol–water partition coefficient (Wildman–Crippen LogP) is -1.39. The van der Waals surface area contributed by atoms with Crippen LogP contribution in [0, 0.1) is 5.92 Å². The Hall–Kier alpha value is -2.95. The Morgan fingerprint density at radius 2 is 2.07 bits per heavy atom. The lowest BCUT2D eigenvalue weighted by Crippen LogP contribution is -2.58. The van der Waals surface area contributed by atoms with Crippen LogP contribution in [0.15, 0.2) is 12.5 Å². The first-order chi connectivity index (χ1) is 13.7. The lowest BCUT2D eigenvalue weighted by Gasteiger charge is -2.29. The third kappa shape index (κ3) is 5.76. The molecular weight excluding hydrogens is 380 g/mol. The zero-order valence-electron chi connectivity index (χ0n) is 16.6. The number of carboxylic acids is 1. The number of carbonyl (C=O) groups is 4. The zero-order valence-corrected chi connectivity index (χ0v) is 16.6. The molecule has 0 spiro atoms. The number of aliphatic carboxylic acids is 1. The van der Waals surface area contributed by atoms with Gasteiger partial charge in [0.1, 0.15) is 18.1 Å². The van der Waals surface area contributed by atoms with Gasteiger partial charge in [-0.15, -0.1) is 0 Å². The van der Waals surface area contributed by atoms with Gasteiger partial charge in [-0.2, -0.15) is 0 Å². The third-order valence-electron chi connectivity index (χ3n) is 4.87. The molecule has 0 aromatic carbocycles. The van der Waals surface area contributed by atoms with Crippen LogP contribution in [0.2, 0.25) is 0 Å². The summed E-state index contributed by atoms with van der Waals surface area (Å²) in [5.74, 6) is -2.82. The SMILES string of the molecule is CC(C)C(NC(=O)CN)C(=O)NC(Cc1cnc[nH]1)C(=O)N1CCCC1C(=O)O. The quantitative estimate of drug-likeness (QED) is 0.335. The first-order valence-electron chi connectivity index (χ1n) is 9.55. The molecule has 0 saturated carbocycles. The number of nitrogens with zero attached hydrogens (tertiary/aromatic N) is 2. The van der Waals surface area contributed by atoms with Gasteiger partial charge in [0, 0.05) is 24.9 Å². The molecule has 2 heterocycles. The number of rotatable bonds is 9. The minimum Gasteiger partial charge on any atom is -0.480 e. The molecule has 1 aromatic heterocycles. The van der Waals surface area contributed by atoms with Crippen molar-refractivity contribution in [1.82, 2.24) is 25.5 Å². The second-order valence-corrected chi connectivity index (χ2v) is 7.36. The third-order valence-corrected chi connectivity index (χ3v) is 4.87. The number of hydrogen-bond acceptors (Lipinski definition) is 6. The maximum atomic E-state index is 13.1. The topological polar surface area (TPSA) is 171 Å². The highest BCUT2D eigenvalue weighted by Crippen LogP contribution is 2.19. The fourth-order valence-electron chi connectivity index (χ4n) is 3.33. The fourth-order valence-corrected chi connectivity index (χ4v) is 3.33. The van der Waals surface area contributed by atoms with E-state index in [9.17, 15) is 24.3 Å². The van der Waals surface area contributed by atoms with Crippen LogP contribution < -0.4 is 16.4 Å². The van der Waals surface area contributed by atoms with Crippen LogP contribution in [0.4, 0.5) is 0 Å². The minimum atomic E-state index is -1.07. The van der Waals surface area contributed by atoms with Gasteiger partial charge in [-0.05, 0) is 18.8 Å². The molecular formula is C18H28N6O5. The monoisotopic (exact) mass is 408 g/mol. The molecule has 1 aliphatic rings. The van der Waals surface area contributed by atoms with Crippen molar-refractivity contribution in [3.63, 3.8) is 0 Å². The molecule has 3 amide bonds. The molecule has 3 atom stereocenters. The van der Waals surface area contributed by atoms with Crippen molar-refractivity contribution in [3.8, 4) is 0 Å². The van der Waals surface area contributed by atoms with Gasteiger partial charge in [-0.25, -0.2) is 9.78 Å². The Morgan fingerprint density at radius 3 is 2.62 bits per heavy atom. The lowest BCUT2D eigenvalue weighted by atomic mass is 10.0. The van der Waals surface area contributed by atoms with E-state index >= 15 is 0 Å². The molecule has 3 unspecified atom stereocenters. The molecule has 0 bridgehead atoms. The van der Waals surface area contributed by atoms with Crippen molar-refractivity contribution in [3.05, 3.63) is 18.2 Å². The van der Waals surface area contributed by atoms with Gasteiger partial charge in [0.2, 0.25) is 17.7 Å². The minimum absolute atomic E-state index is 0.114. The maximum absolute atomic E-state index is 13.1. The maximum Gasteiger partial charge on any atom is 0.326 e. The summed E-state index contributed by atoms with van der Waals surface area (Å²) in [6, 6.07) is -2.79. The van der Waals surface area contributed by atoms with E-state index in [2.05, 4.69) is 20.6 Å². The molecule has 11 heteroatoms. The summed E-state index contributed by atoms with van der Waals surface area (Å²) in [6.07, 6.45) is 4.04. The zero-order chi connectivity index (χ0) is 21.6. The number of nitrogens with one attached hydrogen (secondary N) is 3. The first-order valence-corrected chi connectivity index (χ1v) is 9.55. The summed E-state index contributed by atoms with van der Waals surface area (Å²) in [5, 5.41) is 14.6. The number of carboxylic acid groups (broad SMARTS) is 1. The molecule has 1 aromatic rings. The summed E-state index contributed by atoms with van der Waals surface area (Å²) in [7, 11) is 0. The highest BCUT2D eigenvalue weighted by atomic mass is 16.4. The number of amides is 3. The number of carbonyl (C=O) groups excluding carboxylic acids is 3. The van der Waals surface area contributed by atoms with Gasteiger partial charge in [-0.1, -0.05) is 13.8 Å². The number of nitrogens with two attached hydrogens (primary N) is 1. The Labute approximate surface area is 168 Å². The van der Waals surface area contributed by atoms with E-state index in [0.717, 1.165) is 0 Å². The lowest BCUT2D eigenvalue weighted by molar-refractivity contribution is -0.149. The van der Waals surface area contributed by atoms with Crippen LogP contribution in [-0.4, -0.2) is 74.9 Å². The Bertz CT molecular complexity index is 735. The van der Waals surface area contributed by atoms with E-state index < -0.39 is 41.8 Å². The summed E-state index contributed by atoms with van der Waals surface area (Å²) in [6.45, 7) is 3.56. The van der Waals surface area contributed by atoms with Crippen LogP contribution in [0.5, 0.6) is 0 Å². The molecule has 0 aliphatic carbocycles. The summed E-state index contributed by atoms with van der Waals surface area (Å²) in [5.41, 5.74) is 5.93. The highest BCUT2D eigenvalue weighted by Gasteiger charge is 2.38. The van der Waals surface area contributed by atoms with Crippen LogP contribution in [0.1, 0.15) is 32.4 Å². The average molecular weight is 408 g/mol. The van der Waals surface area contributed by atoms with Gasteiger partial charge in [-0.3, -0.25) is 14.4 Å². The van der Waals surface area contributed by atoms with Crippen LogP contribution in [0.3, 0.4) is 0 Å². The summed E-state index contributed by atoms with van der Waals surface area (Å²) in [4.78, 5) is 57.1. The molecule has 1 saturated heterocycles. The molecule has 1 fully saturated rings. The van der Waals surface area contributed by atoms with Gasteiger partial charge >= 0.3 is 5.97 Å². The van der Waals surface area contributed by atoms with Crippen LogP contribution >= 0.6 is 0 Å². The molecule has 6 N–H and O–H groups in total. The Kier molecular flexibility index (Phi) is 7.71. The predicted molar refractivity (Wildman–Crippen MR) is 102 cm³/mol. The first kappa shape index (κ1) is 22.3. The van der Waals surface area contributed by atoms with E-state index in [-0.39, 0.29) is 18.9 Å². The summed E-state index contributed by atoms with van der Waals surface area (Å²) < 4.78 is 0. The van der Waals surface area contributed by atoms with E-state index in [1.54, 1.807) is 13.8 Å². The molecule has 2 rings (SSSR count). The van der Waals surface area contributed by atoms with Crippen molar-refractivity contribution >= 4 is 23.7 Å². The van der Waals surface area contributed by atoms with E-state index in [4.69, 9.17) is 5.73 Å². The van der Waals surface area contributed by atoms with E-state index in [1.807, 2.05) is 0 Å². The second-order valence-electron chi connectivity index (χ2n) is 7.36. The van der Waals surface area contributed by atoms with E-state index in [0.29, 0.717) is 25.1 Å². The molecule has 0 radical (unpaired) electrons. The number of H-pyrrole nitrogens is 1. The molecule has 29 heavy (non-hydrogen) atoms. The highest BCUT2D eigenvalue weighted by molar-refractivity contribution is 5.94. The average Bonchev–Trinajstić information content (AvgIpc) is 3.35. The smallest absolute Gasteiger partial charge is 0.326 e.